The minimum atomic E-state index is 0.524. The van der Waals surface area contributed by atoms with E-state index < -0.39 is 0 Å². The quantitative estimate of drug-likeness (QED) is 0.836. The molecule has 0 saturated heterocycles. The lowest BCUT2D eigenvalue weighted by Gasteiger charge is -2.27. The van der Waals surface area contributed by atoms with E-state index in [0.717, 1.165) is 17.8 Å². The Labute approximate surface area is 125 Å². The summed E-state index contributed by atoms with van der Waals surface area (Å²) in [6, 6.07) is 7.32. The van der Waals surface area contributed by atoms with Crippen molar-refractivity contribution in [2.75, 3.05) is 7.05 Å². The maximum atomic E-state index is 3.59. The molecular formula is C17H24BrN. The van der Waals surface area contributed by atoms with Crippen molar-refractivity contribution in [1.29, 1.82) is 0 Å². The highest BCUT2D eigenvalue weighted by molar-refractivity contribution is 9.10. The van der Waals surface area contributed by atoms with Gasteiger partial charge in [-0.1, -0.05) is 34.5 Å². The normalized spacial score (nSPS) is 30.8. The molecular weight excluding hydrogens is 298 g/mol. The molecule has 2 saturated carbocycles. The molecule has 19 heavy (non-hydrogen) atoms. The van der Waals surface area contributed by atoms with Gasteiger partial charge in [-0.05, 0) is 74.6 Å². The molecule has 2 aliphatic rings. The van der Waals surface area contributed by atoms with E-state index in [1.54, 1.807) is 0 Å². The Balaban J connectivity index is 1.71. The van der Waals surface area contributed by atoms with Crippen molar-refractivity contribution in [2.45, 2.75) is 45.1 Å². The molecule has 3 rings (SSSR count). The topological polar surface area (TPSA) is 12.0 Å². The van der Waals surface area contributed by atoms with E-state index in [1.807, 2.05) is 0 Å². The van der Waals surface area contributed by atoms with E-state index in [-0.39, 0.29) is 0 Å². The molecule has 4 atom stereocenters. The Morgan fingerprint density at radius 3 is 2.74 bits per heavy atom. The standard InChI is InChI=1S/C17H24BrN/c1-11-7-14(5-6-16(11)18)17(19-2)10-15-9-12-3-4-13(15)8-12/h5-7,12-13,15,17,19H,3-4,8-10H2,1-2H3. The first-order valence-electron chi connectivity index (χ1n) is 7.60. The number of hydrogen-bond acceptors (Lipinski definition) is 1. The second kappa shape index (κ2) is 5.57. The van der Waals surface area contributed by atoms with Crippen molar-refractivity contribution in [3.8, 4) is 0 Å². The van der Waals surface area contributed by atoms with Gasteiger partial charge in [-0.25, -0.2) is 0 Å². The smallest absolute Gasteiger partial charge is 0.0320 e. The minimum absolute atomic E-state index is 0.524. The summed E-state index contributed by atoms with van der Waals surface area (Å²) in [5.41, 5.74) is 2.79. The van der Waals surface area contributed by atoms with Gasteiger partial charge in [-0.15, -0.1) is 0 Å². The Hall–Kier alpha value is -0.340. The first kappa shape index (κ1) is 13.6. The molecule has 0 amide bonds. The van der Waals surface area contributed by atoms with E-state index in [0.29, 0.717) is 6.04 Å². The summed E-state index contributed by atoms with van der Waals surface area (Å²) in [7, 11) is 2.11. The molecule has 0 spiro atoms. The van der Waals surface area contributed by atoms with Gasteiger partial charge < -0.3 is 5.32 Å². The summed E-state index contributed by atoms with van der Waals surface area (Å²) < 4.78 is 1.21. The van der Waals surface area contributed by atoms with Crippen LogP contribution in [-0.2, 0) is 0 Å². The molecule has 4 unspecified atom stereocenters. The third kappa shape index (κ3) is 2.75. The number of rotatable bonds is 4. The van der Waals surface area contributed by atoms with Gasteiger partial charge in [-0.3, -0.25) is 0 Å². The number of nitrogens with one attached hydrogen (secondary N) is 1. The maximum absolute atomic E-state index is 3.59. The Kier molecular flexibility index (Phi) is 4.00. The summed E-state index contributed by atoms with van der Waals surface area (Å²) in [4.78, 5) is 0. The van der Waals surface area contributed by atoms with E-state index in [1.165, 1.54) is 47.7 Å². The molecule has 0 radical (unpaired) electrons. The molecule has 104 valence electrons. The number of aryl methyl sites for hydroxylation is 1. The van der Waals surface area contributed by atoms with Crippen molar-refractivity contribution >= 4 is 15.9 Å². The van der Waals surface area contributed by atoms with Gasteiger partial charge in [0.25, 0.3) is 0 Å². The van der Waals surface area contributed by atoms with Crippen molar-refractivity contribution < 1.29 is 0 Å². The molecule has 1 N–H and O–H groups in total. The van der Waals surface area contributed by atoms with Crippen LogP contribution in [0.4, 0.5) is 0 Å². The van der Waals surface area contributed by atoms with Crippen LogP contribution in [0.3, 0.4) is 0 Å². The van der Waals surface area contributed by atoms with Crippen molar-refractivity contribution in [1.82, 2.24) is 5.32 Å². The zero-order chi connectivity index (χ0) is 13.4. The molecule has 2 fully saturated rings. The summed E-state index contributed by atoms with van der Waals surface area (Å²) in [6.07, 6.45) is 7.31. The zero-order valence-electron chi connectivity index (χ0n) is 12.0. The van der Waals surface area contributed by atoms with Crippen LogP contribution in [0.5, 0.6) is 0 Å². The lowest BCUT2D eigenvalue weighted by Crippen LogP contribution is -2.22. The van der Waals surface area contributed by atoms with Crippen LogP contribution >= 0.6 is 15.9 Å². The highest BCUT2D eigenvalue weighted by Gasteiger charge is 2.40. The summed E-state index contributed by atoms with van der Waals surface area (Å²) in [6.45, 7) is 2.18. The molecule has 2 bridgehead atoms. The highest BCUT2D eigenvalue weighted by Crippen LogP contribution is 2.50. The number of fused-ring (bicyclic) bond motifs is 2. The molecule has 0 heterocycles. The second-order valence-electron chi connectivity index (χ2n) is 6.52. The van der Waals surface area contributed by atoms with E-state index >= 15 is 0 Å². The van der Waals surface area contributed by atoms with Crippen LogP contribution in [0.15, 0.2) is 22.7 Å². The molecule has 0 aliphatic heterocycles. The van der Waals surface area contributed by atoms with Crippen LogP contribution in [0.25, 0.3) is 0 Å². The van der Waals surface area contributed by atoms with E-state index in [9.17, 15) is 0 Å². The fourth-order valence-electron chi connectivity index (χ4n) is 4.27. The third-order valence-corrected chi connectivity index (χ3v) is 6.25. The highest BCUT2D eigenvalue weighted by atomic mass is 79.9. The average Bonchev–Trinajstić information content (AvgIpc) is 3.01. The second-order valence-corrected chi connectivity index (χ2v) is 7.37. The SMILES string of the molecule is CNC(CC1CC2CCC1C2)c1ccc(Br)c(C)c1. The monoisotopic (exact) mass is 321 g/mol. The summed E-state index contributed by atoms with van der Waals surface area (Å²) >= 11 is 3.59. The van der Waals surface area contributed by atoms with Crippen LogP contribution in [0, 0.1) is 24.7 Å². The predicted octanol–water partition coefficient (Wildman–Crippen LogP) is 4.84. The number of hydrogen-bond donors (Lipinski definition) is 1. The molecule has 2 heteroatoms. The van der Waals surface area contributed by atoms with Gasteiger partial charge in [0, 0.05) is 10.5 Å². The third-order valence-electron chi connectivity index (χ3n) is 5.36. The lowest BCUT2D eigenvalue weighted by molar-refractivity contribution is 0.284. The maximum Gasteiger partial charge on any atom is 0.0320 e. The first-order valence-corrected chi connectivity index (χ1v) is 8.40. The molecule has 1 nitrogen and oxygen atoms in total. The van der Waals surface area contributed by atoms with Crippen LogP contribution < -0.4 is 5.32 Å². The van der Waals surface area contributed by atoms with Crippen molar-refractivity contribution in [3.63, 3.8) is 0 Å². The number of halogens is 1. The minimum Gasteiger partial charge on any atom is -0.313 e. The van der Waals surface area contributed by atoms with Gasteiger partial charge in [0.05, 0.1) is 0 Å². The Bertz CT molecular complexity index is 457. The van der Waals surface area contributed by atoms with E-state index in [2.05, 4.69) is 53.4 Å². The largest absolute Gasteiger partial charge is 0.313 e. The average molecular weight is 322 g/mol. The van der Waals surface area contributed by atoms with Gasteiger partial charge in [-0.2, -0.15) is 0 Å². The fraction of sp³-hybridized carbons (Fsp3) is 0.647. The van der Waals surface area contributed by atoms with Crippen molar-refractivity contribution in [2.24, 2.45) is 17.8 Å². The first-order chi connectivity index (χ1) is 9.17. The Morgan fingerprint density at radius 2 is 2.16 bits per heavy atom. The number of benzene rings is 1. The van der Waals surface area contributed by atoms with Crippen LogP contribution in [0.1, 0.15) is 49.3 Å². The lowest BCUT2D eigenvalue weighted by atomic mass is 9.82. The molecule has 0 aromatic heterocycles. The van der Waals surface area contributed by atoms with Gasteiger partial charge in [0.1, 0.15) is 0 Å². The predicted molar refractivity (Wildman–Crippen MR) is 84.2 cm³/mol. The summed E-state index contributed by atoms with van der Waals surface area (Å²) in [5.74, 6) is 3.04. The van der Waals surface area contributed by atoms with Gasteiger partial charge >= 0.3 is 0 Å². The zero-order valence-corrected chi connectivity index (χ0v) is 13.5. The molecule has 1 aromatic carbocycles. The van der Waals surface area contributed by atoms with Gasteiger partial charge in [0.2, 0.25) is 0 Å². The van der Waals surface area contributed by atoms with Crippen LogP contribution in [0.2, 0.25) is 0 Å². The van der Waals surface area contributed by atoms with E-state index in [4.69, 9.17) is 0 Å². The fourth-order valence-corrected chi connectivity index (χ4v) is 4.52. The van der Waals surface area contributed by atoms with Crippen molar-refractivity contribution in [3.05, 3.63) is 33.8 Å². The van der Waals surface area contributed by atoms with Gasteiger partial charge in [0.15, 0.2) is 0 Å². The molecule has 2 aliphatic carbocycles. The summed E-state index contributed by atoms with van der Waals surface area (Å²) in [5, 5.41) is 3.54. The van der Waals surface area contributed by atoms with Crippen LogP contribution in [-0.4, -0.2) is 7.05 Å². The molecule has 1 aromatic rings. The Morgan fingerprint density at radius 1 is 1.32 bits per heavy atom.